The van der Waals surface area contributed by atoms with E-state index in [-0.39, 0.29) is 38.1 Å². The number of fused-ring (bicyclic) bond motifs is 2. The van der Waals surface area contributed by atoms with E-state index < -0.39 is 21.2 Å². The molecule has 0 aliphatic heterocycles. The molecule has 2 aromatic carbocycles. The molecule has 0 amide bonds. The number of carboxylic acids is 1. The minimum atomic E-state index is -3.71. The van der Waals surface area contributed by atoms with Crippen LogP contribution in [0.25, 0.3) is 21.9 Å². The quantitative estimate of drug-likeness (QED) is 0.394. The van der Waals surface area contributed by atoms with Gasteiger partial charge in [-0.3, -0.25) is 4.79 Å². The van der Waals surface area contributed by atoms with E-state index in [1.807, 2.05) is 0 Å². The molecule has 0 radical (unpaired) electrons. The maximum Gasteiger partial charge on any atom is 0.335 e. The monoisotopic (exact) mass is 432 g/mol. The lowest BCUT2D eigenvalue weighted by Gasteiger charge is -2.11. The molecule has 0 bridgehead atoms. The van der Waals surface area contributed by atoms with Gasteiger partial charge in [-0.2, -0.15) is 0 Å². The third kappa shape index (κ3) is 4.64. The molecule has 30 heavy (non-hydrogen) atoms. The lowest BCUT2D eigenvalue weighted by molar-refractivity contribution is 0.0697. The van der Waals surface area contributed by atoms with E-state index in [2.05, 4.69) is 6.92 Å². The largest absolute Gasteiger partial charge is 0.494 e. The van der Waals surface area contributed by atoms with Gasteiger partial charge in [-0.1, -0.05) is 32.6 Å². The molecule has 0 spiro atoms. The fourth-order valence-electron chi connectivity index (χ4n) is 3.29. The van der Waals surface area contributed by atoms with Crippen molar-refractivity contribution in [1.29, 1.82) is 0 Å². The topological polar surface area (TPSA) is 111 Å². The highest BCUT2D eigenvalue weighted by molar-refractivity contribution is 7.91. The Bertz CT molecular complexity index is 1260. The van der Waals surface area contributed by atoms with E-state index in [9.17, 15) is 23.1 Å². The Morgan fingerprint density at radius 1 is 1.07 bits per heavy atom. The number of hydrogen-bond donors (Lipinski definition) is 1. The molecule has 160 valence electrons. The van der Waals surface area contributed by atoms with Crippen LogP contribution in [-0.2, 0) is 9.84 Å². The van der Waals surface area contributed by atoms with Crippen molar-refractivity contribution in [3.8, 4) is 5.75 Å². The molecule has 1 aromatic heterocycles. The number of sulfone groups is 1. The summed E-state index contributed by atoms with van der Waals surface area (Å²) in [5.41, 5.74) is -0.509. The van der Waals surface area contributed by atoms with Crippen molar-refractivity contribution < 1.29 is 27.5 Å². The van der Waals surface area contributed by atoms with Crippen LogP contribution in [0.4, 0.5) is 0 Å². The second-order valence-corrected chi connectivity index (χ2v) is 9.26. The first-order chi connectivity index (χ1) is 14.2. The summed E-state index contributed by atoms with van der Waals surface area (Å²) in [4.78, 5) is 24.1. The molecule has 3 rings (SSSR count). The van der Waals surface area contributed by atoms with Crippen LogP contribution in [0.3, 0.4) is 0 Å². The molecular formula is C22H24O7S. The number of ether oxygens (including phenoxy) is 1. The van der Waals surface area contributed by atoms with Crippen LogP contribution in [-0.4, -0.2) is 32.4 Å². The average molecular weight is 432 g/mol. The zero-order valence-electron chi connectivity index (χ0n) is 16.9. The maximum absolute atomic E-state index is 13.0. The zero-order chi connectivity index (χ0) is 21.9. The maximum atomic E-state index is 13.0. The summed E-state index contributed by atoms with van der Waals surface area (Å²) < 4.78 is 36.1. The first-order valence-corrected chi connectivity index (χ1v) is 11.7. The highest BCUT2D eigenvalue weighted by atomic mass is 32.2. The van der Waals surface area contributed by atoms with E-state index in [1.165, 1.54) is 30.3 Å². The van der Waals surface area contributed by atoms with Crippen LogP contribution in [0.2, 0.25) is 0 Å². The van der Waals surface area contributed by atoms with Crippen molar-refractivity contribution in [3.05, 3.63) is 46.1 Å². The lowest BCUT2D eigenvalue weighted by Crippen LogP contribution is -2.08. The van der Waals surface area contributed by atoms with Crippen molar-refractivity contribution in [3.63, 3.8) is 0 Å². The molecule has 3 aromatic rings. The summed E-state index contributed by atoms with van der Waals surface area (Å²) in [7, 11) is -3.71. The summed E-state index contributed by atoms with van der Waals surface area (Å²) in [6, 6.07) is 6.70. The summed E-state index contributed by atoms with van der Waals surface area (Å²) in [6.45, 7) is 2.54. The summed E-state index contributed by atoms with van der Waals surface area (Å²) in [5.74, 6) is -0.909. The van der Waals surface area contributed by atoms with Crippen molar-refractivity contribution in [2.24, 2.45) is 0 Å². The van der Waals surface area contributed by atoms with Crippen LogP contribution in [0.1, 0.15) is 49.4 Å². The van der Waals surface area contributed by atoms with Gasteiger partial charge in [0.15, 0.2) is 15.4 Å². The number of carboxylic acid groups (broad SMARTS) is 1. The third-order valence-corrected chi connectivity index (χ3v) is 5.97. The molecular weight excluding hydrogens is 408 g/mol. The predicted octanol–water partition coefficient (Wildman–Crippen LogP) is 4.40. The summed E-state index contributed by atoms with van der Waals surface area (Å²) in [6.07, 6.45) is 6.25. The fraction of sp³-hybridized carbons (Fsp3) is 0.364. The number of hydrogen-bond acceptors (Lipinski definition) is 6. The first-order valence-electron chi connectivity index (χ1n) is 9.83. The lowest BCUT2D eigenvalue weighted by atomic mass is 10.1. The Labute approximate surface area is 174 Å². The Morgan fingerprint density at radius 2 is 1.80 bits per heavy atom. The van der Waals surface area contributed by atoms with Crippen molar-refractivity contribution in [2.75, 3.05) is 12.9 Å². The Morgan fingerprint density at radius 3 is 2.47 bits per heavy atom. The molecule has 0 saturated heterocycles. The standard InChI is InChI=1S/C22H24O7S/c1-3-4-5-6-7-10-28-15-12-17-20(23)16-11-14(22(24)25)8-9-18(16)29-21(17)19(13-15)30(2,26)27/h8-9,11-13H,3-7,10H2,1-2H3,(H,24,25). The van der Waals surface area contributed by atoms with Gasteiger partial charge < -0.3 is 14.3 Å². The van der Waals surface area contributed by atoms with Gasteiger partial charge in [0, 0.05) is 12.3 Å². The van der Waals surface area contributed by atoms with Gasteiger partial charge in [0.2, 0.25) is 5.43 Å². The normalized spacial score (nSPS) is 11.8. The van der Waals surface area contributed by atoms with Crippen LogP contribution in [0.15, 0.2) is 44.4 Å². The van der Waals surface area contributed by atoms with E-state index in [4.69, 9.17) is 9.15 Å². The minimum absolute atomic E-state index is 0.0361. The molecule has 0 saturated carbocycles. The highest BCUT2D eigenvalue weighted by Gasteiger charge is 2.20. The highest BCUT2D eigenvalue weighted by Crippen LogP contribution is 2.30. The van der Waals surface area contributed by atoms with Gasteiger partial charge in [-0.25, -0.2) is 13.2 Å². The smallest absolute Gasteiger partial charge is 0.335 e. The molecule has 1 heterocycles. The summed E-state index contributed by atoms with van der Waals surface area (Å²) >= 11 is 0. The average Bonchev–Trinajstić information content (AvgIpc) is 2.69. The molecule has 7 nitrogen and oxygen atoms in total. The van der Waals surface area contributed by atoms with Gasteiger partial charge in [0.1, 0.15) is 16.2 Å². The second kappa shape index (κ2) is 8.87. The SMILES string of the molecule is CCCCCCCOc1cc(S(C)(=O)=O)c2oc3ccc(C(=O)O)cc3c(=O)c2c1. The molecule has 0 aliphatic rings. The second-order valence-electron chi connectivity index (χ2n) is 7.28. The molecule has 0 aliphatic carbocycles. The van der Waals surface area contributed by atoms with E-state index in [0.717, 1.165) is 38.4 Å². The Kier molecular flexibility index (Phi) is 6.45. The summed E-state index contributed by atoms with van der Waals surface area (Å²) in [5, 5.41) is 9.29. The Hall–Kier alpha value is -2.87. The predicted molar refractivity (Wildman–Crippen MR) is 114 cm³/mol. The van der Waals surface area contributed by atoms with Gasteiger partial charge in [0.05, 0.1) is 22.9 Å². The first kappa shape index (κ1) is 21.8. The van der Waals surface area contributed by atoms with Crippen LogP contribution >= 0.6 is 0 Å². The fourth-order valence-corrected chi connectivity index (χ4v) is 4.11. The zero-order valence-corrected chi connectivity index (χ0v) is 17.8. The number of benzene rings is 2. The van der Waals surface area contributed by atoms with Crippen LogP contribution in [0, 0.1) is 0 Å². The molecule has 8 heteroatoms. The van der Waals surface area contributed by atoms with Crippen LogP contribution in [0.5, 0.6) is 5.75 Å². The molecule has 1 N–H and O–H groups in total. The van der Waals surface area contributed by atoms with Crippen molar-refractivity contribution in [2.45, 2.75) is 43.9 Å². The molecule has 0 fully saturated rings. The van der Waals surface area contributed by atoms with Gasteiger partial charge in [-0.05, 0) is 30.7 Å². The number of unbranched alkanes of at least 4 members (excludes halogenated alkanes) is 4. The van der Waals surface area contributed by atoms with Gasteiger partial charge >= 0.3 is 5.97 Å². The number of carbonyl (C=O) groups is 1. The van der Waals surface area contributed by atoms with Crippen molar-refractivity contribution >= 4 is 37.7 Å². The number of rotatable bonds is 9. The third-order valence-electron chi connectivity index (χ3n) is 4.87. The molecule has 0 unspecified atom stereocenters. The van der Waals surface area contributed by atoms with E-state index in [1.54, 1.807) is 0 Å². The van der Waals surface area contributed by atoms with E-state index in [0.29, 0.717) is 6.61 Å². The van der Waals surface area contributed by atoms with Gasteiger partial charge in [0.25, 0.3) is 0 Å². The molecule has 0 atom stereocenters. The Balaban J connectivity index is 2.09. The van der Waals surface area contributed by atoms with Crippen molar-refractivity contribution in [1.82, 2.24) is 0 Å². The van der Waals surface area contributed by atoms with E-state index >= 15 is 0 Å². The number of aromatic carboxylic acids is 1. The van der Waals surface area contributed by atoms with Crippen LogP contribution < -0.4 is 10.2 Å². The minimum Gasteiger partial charge on any atom is -0.494 e. The van der Waals surface area contributed by atoms with Gasteiger partial charge in [-0.15, -0.1) is 0 Å².